The summed E-state index contributed by atoms with van der Waals surface area (Å²) in [7, 11) is 2.95. The highest BCUT2D eigenvalue weighted by Crippen LogP contribution is 2.25. The van der Waals surface area contributed by atoms with Crippen LogP contribution in [0.25, 0.3) is 5.95 Å². The maximum Gasteiger partial charge on any atom is 0.409 e. The van der Waals surface area contributed by atoms with Crippen molar-refractivity contribution in [1.82, 2.24) is 29.7 Å². The van der Waals surface area contributed by atoms with Crippen molar-refractivity contribution in [3.63, 3.8) is 0 Å². The Labute approximate surface area is 214 Å². The first-order chi connectivity index (χ1) is 17.4. The van der Waals surface area contributed by atoms with Crippen molar-refractivity contribution >= 4 is 29.4 Å². The first-order valence-electron chi connectivity index (χ1n) is 11.4. The van der Waals surface area contributed by atoms with E-state index in [2.05, 4.69) is 20.3 Å². The van der Waals surface area contributed by atoms with Crippen LogP contribution in [0.4, 0.5) is 10.6 Å². The molecule has 1 aromatic carbocycles. The number of hydrogen-bond donors (Lipinski definition) is 1. The van der Waals surface area contributed by atoms with E-state index in [4.69, 9.17) is 21.1 Å². The molecule has 1 saturated heterocycles. The third-order valence-corrected chi connectivity index (χ3v) is 6.22. The monoisotopic (exact) mass is 513 g/mol. The second-order valence-electron chi connectivity index (χ2n) is 8.35. The summed E-state index contributed by atoms with van der Waals surface area (Å²) in [5.41, 5.74) is 0.952. The Kier molecular flexibility index (Phi) is 7.89. The molecule has 190 valence electrons. The summed E-state index contributed by atoms with van der Waals surface area (Å²) in [4.78, 5) is 41.9. The smallest absolute Gasteiger partial charge is 0.409 e. The van der Waals surface area contributed by atoms with Crippen LogP contribution >= 0.6 is 11.6 Å². The molecule has 2 aromatic heterocycles. The molecule has 0 bridgehead atoms. The number of halogens is 1. The maximum atomic E-state index is 13.1. The lowest BCUT2D eigenvalue weighted by Gasteiger charge is -2.41. The molecule has 2 unspecified atom stereocenters. The van der Waals surface area contributed by atoms with E-state index in [-0.39, 0.29) is 29.6 Å². The number of nitrogens with one attached hydrogen (secondary N) is 1. The number of aromatic nitrogens is 4. The summed E-state index contributed by atoms with van der Waals surface area (Å²) in [6.07, 6.45) is 4.62. The molecule has 0 spiro atoms. The van der Waals surface area contributed by atoms with Crippen molar-refractivity contribution in [1.29, 1.82) is 0 Å². The normalized spacial score (nSPS) is 16.4. The van der Waals surface area contributed by atoms with Crippen molar-refractivity contribution in [3.05, 3.63) is 59.8 Å². The van der Waals surface area contributed by atoms with Crippen LogP contribution in [0.2, 0.25) is 5.15 Å². The number of benzene rings is 1. The Morgan fingerprint density at radius 3 is 2.64 bits per heavy atom. The lowest BCUT2D eigenvalue weighted by molar-refractivity contribution is -0.122. The number of carbonyl (C=O) groups excluding carboxylic acids is 2. The quantitative estimate of drug-likeness (QED) is 0.480. The van der Waals surface area contributed by atoms with Crippen molar-refractivity contribution in [2.24, 2.45) is 0 Å². The zero-order chi connectivity index (χ0) is 25.7. The third kappa shape index (κ3) is 5.85. The molecule has 4 rings (SSSR count). The molecule has 1 aliphatic heterocycles. The molecule has 12 heteroatoms. The van der Waals surface area contributed by atoms with E-state index >= 15 is 0 Å². The SMILES string of the molecule is COC(=O)N1CCN(c2cc(Cl)nc(-n3ccnc3)n2)C(CC(=O)NC(C)c2ccc(OC)cc2)C1. The summed E-state index contributed by atoms with van der Waals surface area (Å²) in [5, 5.41) is 3.30. The van der Waals surface area contributed by atoms with Crippen LogP contribution in [0.1, 0.15) is 24.9 Å². The van der Waals surface area contributed by atoms with Crippen molar-refractivity contribution in [3.8, 4) is 11.7 Å². The van der Waals surface area contributed by atoms with E-state index in [0.29, 0.717) is 31.4 Å². The molecule has 2 atom stereocenters. The number of piperazine rings is 1. The first-order valence-corrected chi connectivity index (χ1v) is 11.8. The lowest BCUT2D eigenvalue weighted by atomic mass is 10.1. The molecule has 0 saturated carbocycles. The largest absolute Gasteiger partial charge is 0.497 e. The van der Waals surface area contributed by atoms with E-state index in [1.807, 2.05) is 36.1 Å². The Bertz CT molecular complexity index is 1190. The summed E-state index contributed by atoms with van der Waals surface area (Å²) < 4.78 is 11.8. The summed E-state index contributed by atoms with van der Waals surface area (Å²) in [5.74, 6) is 1.51. The van der Waals surface area contributed by atoms with Gasteiger partial charge in [-0.25, -0.2) is 14.8 Å². The Balaban J connectivity index is 1.53. The van der Waals surface area contributed by atoms with Crippen molar-refractivity contribution in [2.75, 3.05) is 38.8 Å². The van der Waals surface area contributed by atoms with Crippen LogP contribution in [0.3, 0.4) is 0 Å². The first kappa shape index (κ1) is 25.2. The lowest BCUT2D eigenvalue weighted by Crippen LogP contribution is -2.56. The molecule has 0 aliphatic carbocycles. The predicted molar refractivity (Wildman–Crippen MR) is 133 cm³/mol. The van der Waals surface area contributed by atoms with Gasteiger partial charge in [-0.2, -0.15) is 4.98 Å². The molecule has 11 nitrogen and oxygen atoms in total. The van der Waals surface area contributed by atoms with E-state index in [1.165, 1.54) is 7.11 Å². The highest BCUT2D eigenvalue weighted by Gasteiger charge is 2.33. The number of imidazole rings is 1. The van der Waals surface area contributed by atoms with Gasteiger partial charge in [-0.05, 0) is 24.6 Å². The zero-order valence-electron chi connectivity index (χ0n) is 20.3. The van der Waals surface area contributed by atoms with Crippen LogP contribution < -0.4 is 15.0 Å². The Morgan fingerprint density at radius 1 is 1.19 bits per heavy atom. The van der Waals surface area contributed by atoms with E-state index in [9.17, 15) is 9.59 Å². The van der Waals surface area contributed by atoms with E-state index < -0.39 is 6.09 Å². The summed E-state index contributed by atoms with van der Waals surface area (Å²) in [6, 6.07) is 8.62. The molecule has 36 heavy (non-hydrogen) atoms. The van der Waals surface area contributed by atoms with Crippen LogP contribution in [-0.2, 0) is 9.53 Å². The molecule has 1 N–H and O–H groups in total. The molecule has 3 heterocycles. The van der Waals surface area contributed by atoms with Crippen LogP contribution in [0, 0.1) is 0 Å². The Hall–Kier alpha value is -3.86. The van der Waals surface area contributed by atoms with E-state index in [0.717, 1.165) is 11.3 Å². The van der Waals surface area contributed by atoms with Crippen LogP contribution in [0.15, 0.2) is 49.1 Å². The van der Waals surface area contributed by atoms with Crippen LogP contribution in [-0.4, -0.2) is 76.3 Å². The minimum atomic E-state index is -0.438. The van der Waals surface area contributed by atoms with Gasteiger partial charge in [0.2, 0.25) is 11.9 Å². The highest BCUT2D eigenvalue weighted by molar-refractivity contribution is 6.29. The number of rotatable bonds is 7. The molecule has 3 aromatic rings. The average molecular weight is 514 g/mol. The number of anilines is 1. The standard InChI is InChI=1S/C24H28ClN7O4/c1-16(17-4-6-19(35-2)7-5-17)27-22(33)12-18-14-30(24(34)36-3)10-11-32(18)21-13-20(25)28-23(29-21)31-9-8-26-15-31/h4-9,13,15-16,18H,10-12,14H2,1-3H3,(H,27,33). The summed E-state index contributed by atoms with van der Waals surface area (Å²) >= 11 is 6.32. The van der Waals surface area contributed by atoms with Crippen molar-refractivity contribution in [2.45, 2.75) is 25.4 Å². The molecular weight excluding hydrogens is 486 g/mol. The maximum absolute atomic E-state index is 13.1. The minimum absolute atomic E-state index is 0.135. The fraction of sp³-hybridized carbons (Fsp3) is 0.375. The second kappa shape index (κ2) is 11.3. The van der Waals surface area contributed by atoms with Gasteiger partial charge in [0.25, 0.3) is 0 Å². The van der Waals surface area contributed by atoms with Crippen LogP contribution in [0.5, 0.6) is 5.75 Å². The van der Waals surface area contributed by atoms with Gasteiger partial charge in [0.1, 0.15) is 23.0 Å². The van der Waals surface area contributed by atoms with E-state index in [1.54, 1.807) is 41.4 Å². The molecule has 0 radical (unpaired) electrons. The van der Waals surface area contributed by atoms with Gasteiger partial charge >= 0.3 is 6.09 Å². The number of carbonyl (C=O) groups is 2. The molecule has 2 amide bonds. The fourth-order valence-corrected chi connectivity index (χ4v) is 4.32. The zero-order valence-corrected chi connectivity index (χ0v) is 21.1. The second-order valence-corrected chi connectivity index (χ2v) is 8.74. The number of methoxy groups -OCH3 is 2. The minimum Gasteiger partial charge on any atom is -0.497 e. The number of nitrogens with zero attached hydrogens (tertiary/aromatic N) is 6. The topological polar surface area (TPSA) is 115 Å². The Morgan fingerprint density at radius 2 is 1.97 bits per heavy atom. The average Bonchev–Trinajstić information content (AvgIpc) is 3.43. The van der Waals surface area contributed by atoms with Gasteiger partial charge in [0.15, 0.2) is 0 Å². The van der Waals surface area contributed by atoms with Gasteiger partial charge in [-0.15, -0.1) is 0 Å². The third-order valence-electron chi connectivity index (χ3n) is 6.03. The number of ether oxygens (including phenoxy) is 2. The molecule has 1 fully saturated rings. The molecule has 1 aliphatic rings. The van der Waals surface area contributed by atoms with Gasteiger partial charge in [0, 0.05) is 44.5 Å². The van der Waals surface area contributed by atoms with Gasteiger partial charge < -0.3 is 24.6 Å². The predicted octanol–water partition coefficient (Wildman–Crippen LogP) is 2.85. The highest BCUT2D eigenvalue weighted by atomic mass is 35.5. The number of amides is 2. The van der Waals surface area contributed by atoms with Gasteiger partial charge in [-0.3, -0.25) is 9.36 Å². The summed E-state index contributed by atoms with van der Waals surface area (Å²) in [6.45, 7) is 3.06. The van der Waals surface area contributed by atoms with Gasteiger partial charge in [-0.1, -0.05) is 23.7 Å². The fourth-order valence-electron chi connectivity index (χ4n) is 4.15. The number of hydrogen-bond acceptors (Lipinski definition) is 8. The molecular formula is C24H28ClN7O4. The van der Waals surface area contributed by atoms with Gasteiger partial charge in [0.05, 0.1) is 26.3 Å². The van der Waals surface area contributed by atoms with Crippen molar-refractivity contribution < 1.29 is 19.1 Å².